The molecule has 6 aromatic carbocycles. The summed E-state index contributed by atoms with van der Waals surface area (Å²) in [6.07, 6.45) is 4.80. The van der Waals surface area contributed by atoms with Gasteiger partial charge in [0.1, 0.15) is 12.3 Å². The van der Waals surface area contributed by atoms with E-state index in [1.165, 1.54) is 35.1 Å². The van der Waals surface area contributed by atoms with Crippen LogP contribution in [0.5, 0.6) is 0 Å². The third-order valence-electron chi connectivity index (χ3n) is 9.20. The van der Waals surface area contributed by atoms with Crippen molar-refractivity contribution in [2.24, 2.45) is 0 Å². The monoisotopic (exact) mass is 734 g/mol. The summed E-state index contributed by atoms with van der Waals surface area (Å²) in [5, 5.41) is 15.6. The average Bonchev–Trinajstić information content (AvgIpc) is 3.18. The first kappa shape index (κ1) is 41.1. The number of aryl methyl sites for hydroxylation is 2. The van der Waals surface area contributed by atoms with Gasteiger partial charge < -0.3 is 10.6 Å². The van der Waals surface area contributed by atoms with Gasteiger partial charge in [-0.15, -0.1) is 24.3 Å². The van der Waals surface area contributed by atoms with Gasteiger partial charge in [-0.2, -0.15) is 49.2 Å². The molecule has 0 bridgehead atoms. The molecule has 0 radical (unpaired) electrons. The molecule has 1 saturated carbocycles. The fraction of sp³-hybridized carbons (Fsp3) is 0.208. The van der Waals surface area contributed by atoms with Crippen molar-refractivity contribution < 1.29 is 21.7 Å². The molecule has 1 aliphatic carbocycles. The molecule has 0 aromatic heterocycles. The molecule has 4 N–H and O–H groups in total. The van der Waals surface area contributed by atoms with Crippen LogP contribution in [-0.4, -0.2) is 12.1 Å². The second-order valence-corrected chi connectivity index (χ2v) is 13.5. The van der Waals surface area contributed by atoms with Gasteiger partial charge in [-0.25, -0.2) is 0 Å². The zero-order valence-electron chi connectivity index (χ0n) is 31.2. The maximum atomic E-state index is 4.02. The molecule has 0 amide bonds. The fourth-order valence-corrected chi connectivity index (χ4v) is 6.28. The van der Waals surface area contributed by atoms with E-state index in [4.69, 9.17) is 0 Å². The molecule has 5 heteroatoms. The van der Waals surface area contributed by atoms with Crippen molar-refractivity contribution in [3.63, 3.8) is 0 Å². The van der Waals surface area contributed by atoms with Crippen LogP contribution in [0.1, 0.15) is 71.4 Å². The molecule has 1 fully saturated rings. The van der Waals surface area contributed by atoms with Crippen LogP contribution in [0.25, 0.3) is 0 Å². The van der Waals surface area contributed by atoms with Crippen molar-refractivity contribution in [3.05, 3.63) is 217 Å². The molecule has 0 spiro atoms. The molecule has 53 heavy (non-hydrogen) atoms. The van der Waals surface area contributed by atoms with Gasteiger partial charge in [-0.05, 0) is 62.1 Å². The summed E-state index contributed by atoms with van der Waals surface area (Å²) in [5.74, 6) is 0. The van der Waals surface area contributed by atoms with Gasteiger partial charge in [0.05, 0.1) is 0 Å². The number of rotatable bonds is 10. The minimum absolute atomic E-state index is 0. The molecule has 268 valence electrons. The van der Waals surface area contributed by atoms with Crippen LogP contribution in [0.4, 0.5) is 11.4 Å². The smallest absolute Gasteiger partial charge is 0.366 e. The minimum Gasteiger partial charge on any atom is -0.366 e. The Bertz CT molecular complexity index is 1680. The van der Waals surface area contributed by atoms with Gasteiger partial charge in [0.15, 0.2) is 0 Å². The summed E-state index contributed by atoms with van der Waals surface area (Å²) in [4.78, 5) is 0. The molecule has 4 nitrogen and oxygen atoms in total. The molecule has 6 aromatic rings. The number of hydrogen-bond donors (Lipinski definition) is 4. The first-order chi connectivity index (χ1) is 25.4. The van der Waals surface area contributed by atoms with E-state index < -0.39 is 0 Å². The second kappa shape index (κ2) is 22.4. The van der Waals surface area contributed by atoms with Crippen molar-refractivity contribution >= 4 is 11.4 Å². The van der Waals surface area contributed by atoms with E-state index in [-0.39, 0.29) is 34.0 Å². The number of benzene rings is 6. The normalized spacial score (nSPS) is 15.8. The van der Waals surface area contributed by atoms with E-state index in [9.17, 15) is 0 Å². The van der Waals surface area contributed by atoms with Crippen molar-refractivity contribution in [3.8, 4) is 0 Å². The molecule has 0 aliphatic heterocycles. The summed E-state index contributed by atoms with van der Waals surface area (Å²) >= 11 is 0. The summed E-state index contributed by atoms with van der Waals surface area (Å²) in [6, 6.07) is 59.2. The van der Waals surface area contributed by atoms with E-state index in [1.54, 1.807) is 0 Å². The standard InChI is InChI=1S/C34H40N4.2C7H7.Ti/c1-25-17-21-27(22-18-25)33(35-29-11-5-3-6-12-29)37-31-15-9-10-16-32(31)38-34(28-23-19-26(2)20-24-28)36-30-13-7-4-8-14-30;2*1-7-5-3-2-4-6-7;/h3-8,11-14,17-24,31-38H,9-10,15-16H2,1-2H3;2*2-6H,1H2;/q;2*-1;+4/t31-,32-,33?,34?;;;/m1.../s1. The zero-order chi connectivity index (χ0) is 36.4. The molecule has 2 unspecified atom stereocenters. The Kier molecular flexibility index (Phi) is 17.3. The molecule has 4 atom stereocenters. The van der Waals surface area contributed by atoms with E-state index in [0.29, 0.717) is 12.1 Å². The largest absolute Gasteiger partial charge is 4.00 e. The predicted molar refractivity (Wildman–Crippen MR) is 222 cm³/mol. The maximum absolute atomic E-state index is 4.02. The third-order valence-corrected chi connectivity index (χ3v) is 9.20. The second-order valence-electron chi connectivity index (χ2n) is 13.5. The van der Waals surface area contributed by atoms with Gasteiger partial charge in [0.2, 0.25) is 0 Å². The summed E-state index contributed by atoms with van der Waals surface area (Å²) in [5.41, 5.74) is 9.44. The van der Waals surface area contributed by atoms with E-state index >= 15 is 0 Å². The van der Waals surface area contributed by atoms with E-state index in [1.807, 2.05) is 60.7 Å². The Morgan fingerprint density at radius 2 is 0.736 bits per heavy atom. The van der Waals surface area contributed by atoms with E-state index in [2.05, 4.69) is 158 Å². The molecule has 7 rings (SSSR count). The third kappa shape index (κ3) is 14.3. The van der Waals surface area contributed by atoms with Crippen LogP contribution in [0.15, 0.2) is 170 Å². The van der Waals surface area contributed by atoms with Crippen LogP contribution < -0.4 is 21.3 Å². The maximum Gasteiger partial charge on any atom is 4.00 e. The van der Waals surface area contributed by atoms with Crippen LogP contribution in [0.3, 0.4) is 0 Å². The van der Waals surface area contributed by atoms with Crippen molar-refractivity contribution in [2.45, 2.75) is 63.9 Å². The minimum atomic E-state index is 0. The Labute approximate surface area is 333 Å². The molecule has 0 saturated heterocycles. The molecular weight excluding hydrogens is 680 g/mol. The zero-order valence-corrected chi connectivity index (χ0v) is 32.8. The Hall–Kier alpha value is -4.71. The topological polar surface area (TPSA) is 48.1 Å². The molecule has 0 heterocycles. The van der Waals surface area contributed by atoms with Crippen LogP contribution in [0.2, 0.25) is 0 Å². The summed E-state index contributed by atoms with van der Waals surface area (Å²) < 4.78 is 0. The van der Waals surface area contributed by atoms with E-state index in [0.717, 1.165) is 35.3 Å². The predicted octanol–water partition coefficient (Wildman–Crippen LogP) is 11.5. The first-order valence-corrected chi connectivity index (χ1v) is 18.5. The SMILES string of the molecule is Cc1ccc(C(Nc2ccccc2)N[C@@H]2CCCC[C@H]2NC(Nc2ccccc2)c2ccc(C)cc2)cc1.[CH2-]c1ccccc1.[CH2-]c1ccccc1.[Ti+4]. The Morgan fingerprint density at radius 1 is 0.434 bits per heavy atom. The molecule has 1 aliphatic rings. The number of anilines is 2. The van der Waals surface area contributed by atoms with Crippen molar-refractivity contribution in [1.29, 1.82) is 0 Å². The van der Waals surface area contributed by atoms with Crippen LogP contribution in [0, 0.1) is 27.7 Å². The fourth-order valence-electron chi connectivity index (χ4n) is 6.28. The van der Waals surface area contributed by atoms with Crippen LogP contribution >= 0.6 is 0 Å². The van der Waals surface area contributed by atoms with Crippen LogP contribution in [-0.2, 0) is 21.7 Å². The van der Waals surface area contributed by atoms with Gasteiger partial charge in [0.25, 0.3) is 0 Å². The van der Waals surface area contributed by atoms with Gasteiger partial charge in [-0.1, -0.05) is 121 Å². The summed E-state index contributed by atoms with van der Waals surface area (Å²) in [6.45, 7) is 11.7. The molecular formula is C48H54N4Ti+2. The number of hydrogen-bond acceptors (Lipinski definition) is 4. The number of para-hydroxylation sites is 2. The average molecular weight is 735 g/mol. The summed E-state index contributed by atoms with van der Waals surface area (Å²) in [7, 11) is 0. The van der Waals surface area contributed by atoms with Crippen molar-refractivity contribution in [1.82, 2.24) is 10.6 Å². The van der Waals surface area contributed by atoms with Gasteiger partial charge in [0, 0.05) is 23.5 Å². The Morgan fingerprint density at radius 3 is 1.02 bits per heavy atom. The quantitative estimate of drug-likeness (QED) is 0.0643. The Balaban J connectivity index is 0.000000348. The van der Waals surface area contributed by atoms with Gasteiger partial charge in [-0.3, -0.25) is 10.6 Å². The van der Waals surface area contributed by atoms with Gasteiger partial charge >= 0.3 is 21.7 Å². The number of nitrogens with one attached hydrogen (secondary N) is 4. The first-order valence-electron chi connectivity index (χ1n) is 18.5. The van der Waals surface area contributed by atoms with Crippen molar-refractivity contribution in [2.75, 3.05) is 10.6 Å².